The molecule has 1 aliphatic rings. The fourth-order valence-corrected chi connectivity index (χ4v) is 4.20. The Hall–Kier alpha value is -3.30. The number of nitrogens with one attached hydrogen (secondary N) is 1. The monoisotopic (exact) mass is 534 g/mol. The van der Waals surface area contributed by atoms with Gasteiger partial charge in [0.05, 0.1) is 17.8 Å². The van der Waals surface area contributed by atoms with Crippen LogP contribution in [0.25, 0.3) is 28.0 Å². The molecule has 4 aromatic rings. The summed E-state index contributed by atoms with van der Waals surface area (Å²) < 4.78 is 41.9. The molecular formula is C25H19Cl2F3N4O2. The van der Waals surface area contributed by atoms with Crippen LogP contribution in [0.3, 0.4) is 0 Å². The number of amides is 1. The lowest BCUT2D eigenvalue weighted by Crippen LogP contribution is -2.34. The van der Waals surface area contributed by atoms with E-state index in [1.165, 1.54) is 10.7 Å². The number of carbonyl (C=O) groups is 1. The molecule has 6 nitrogen and oxygen atoms in total. The topological polar surface area (TPSA) is 68.9 Å². The van der Waals surface area contributed by atoms with E-state index in [1.807, 2.05) is 0 Å². The van der Waals surface area contributed by atoms with Crippen LogP contribution in [0.1, 0.15) is 29.6 Å². The van der Waals surface area contributed by atoms with Gasteiger partial charge in [0.2, 0.25) is 0 Å². The molecule has 1 N–H and O–H groups in total. The highest BCUT2D eigenvalue weighted by atomic mass is 35.5. The summed E-state index contributed by atoms with van der Waals surface area (Å²) in [5.41, 5.74) is 0.680. The minimum atomic E-state index is -4.50. The van der Waals surface area contributed by atoms with Crippen molar-refractivity contribution in [3.8, 4) is 16.9 Å². The molecule has 1 amide bonds. The Balaban J connectivity index is 1.80. The number of halogens is 5. The molecule has 0 unspecified atom stereocenters. The molecule has 0 radical (unpaired) electrons. The van der Waals surface area contributed by atoms with Gasteiger partial charge >= 0.3 is 6.18 Å². The SMILES string of the molecule is O=C(NC1CC1)c1cc2c(-c3ccc(Cl)cc3)n(-c3ccc(Cl)cc3)nc2n(CCC(F)(F)F)c1=O. The Bertz CT molecular complexity index is 1510. The van der Waals surface area contributed by atoms with Crippen molar-refractivity contribution >= 4 is 40.1 Å². The van der Waals surface area contributed by atoms with Crippen LogP contribution in [0.15, 0.2) is 59.4 Å². The number of hydrogen-bond donors (Lipinski definition) is 1. The summed E-state index contributed by atoms with van der Waals surface area (Å²) in [5, 5.41) is 8.64. The minimum absolute atomic E-state index is 0.0344. The molecular weight excluding hydrogens is 516 g/mol. The Morgan fingerprint density at radius 1 is 1.03 bits per heavy atom. The summed E-state index contributed by atoms with van der Waals surface area (Å²) in [5.74, 6) is -0.619. The summed E-state index contributed by atoms with van der Waals surface area (Å²) in [6.45, 7) is -0.679. The molecule has 0 saturated heterocycles. The van der Waals surface area contributed by atoms with Gasteiger partial charge < -0.3 is 5.32 Å². The van der Waals surface area contributed by atoms with Crippen molar-refractivity contribution in [1.82, 2.24) is 19.7 Å². The molecule has 5 rings (SSSR count). The van der Waals surface area contributed by atoms with Crippen molar-refractivity contribution in [3.63, 3.8) is 0 Å². The average Bonchev–Trinajstić information content (AvgIpc) is 3.56. The Morgan fingerprint density at radius 2 is 1.64 bits per heavy atom. The number of fused-ring (bicyclic) bond motifs is 1. The first-order chi connectivity index (χ1) is 17.1. The molecule has 2 aromatic heterocycles. The maximum atomic E-state index is 13.3. The third-order valence-electron chi connectivity index (χ3n) is 5.89. The number of rotatable bonds is 6. The second-order valence-corrected chi connectivity index (χ2v) is 9.48. The van der Waals surface area contributed by atoms with Gasteiger partial charge in [-0.3, -0.25) is 14.2 Å². The summed E-state index contributed by atoms with van der Waals surface area (Å²) >= 11 is 12.1. The van der Waals surface area contributed by atoms with E-state index in [4.69, 9.17) is 23.2 Å². The first-order valence-corrected chi connectivity index (χ1v) is 11.9. The van der Waals surface area contributed by atoms with Gasteiger partial charge in [-0.25, -0.2) is 4.68 Å². The van der Waals surface area contributed by atoms with E-state index >= 15 is 0 Å². The lowest BCUT2D eigenvalue weighted by Gasteiger charge is -2.12. The number of aryl methyl sites for hydroxylation is 1. The normalized spacial score (nSPS) is 13.8. The molecule has 1 fully saturated rings. The van der Waals surface area contributed by atoms with E-state index in [9.17, 15) is 22.8 Å². The molecule has 2 heterocycles. The lowest BCUT2D eigenvalue weighted by molar-refractivity contribution is -0.136. The predicted molar refractivity (Wildman–Crippen MR) is 132 cm³/mol. The summed E-state index contributed by atoms with van der Waals surface area (Å²) in [4.78, 5) is 26.2. The van der Waals surface area contributed by atoms with Crippen LogP contribution in [0.2, 0.25) is 10.0 Å². The minimum Gasteiger partial charge on any atom is -0.349 e. The highest BCUT2D eigenvalue weighted by molar-refractivity contribution is 6.31. The van der Waals surface area contributed by atoms with Crippen molar-refractivity contribution in [1.29, 1.82) is 0 Å². The third kappa shape index (κ3) is 4.99. The van der Waals surface area contributed by atoms with Crippen molar-refractivity contribution in [2.45, 2.75) is 38.0 Å². The Morgan fingerprint density at radius 3 is 2.22 bits per heavy atom. The van der Waals surface area contributed by atoms with Gasteiger partial charge in [0, 0.05) is 33.6 Å². The third-order valence-corrected chi connectivity index (χ3v) is 6.39. The van der Waals surface area contributed by atoms with Gasteiger partial charge in [0.15, 0.2) is 5.65 Å². The number of carbonyl (C=O) groups excluding carboxylic acids is 1. The molecule has 36 heavy (non-hydrogen) atoms. The number of pyridine rings is 1. The standard InChI is InChI=1S/C25H19Cl2F3N4O2/c26-15-3-1-14(2-4-15)21-19-13-20(23(35)31-17-7-8-17)24(36)33(12-11-25(28,29)30)22(19)32-34(21)18-9-5-16(27)6-10-18/h1-6,9-10,13,17H,7-8,11-12H2,(H,31,35). The van der Waals surface area contributed by atoms with E-state index in [1.54, 1.807) is 48.5 Å². The summed E-state index contributed by atoms with van der Waals surface area (Å²) in [6.07, 6.45) is -4.17. The van der Waals surface area contributed by atoms with Gasteiger partial charge in [0.1, 0.15) is 5.56 Å². The molecule has 1 aliphatic carbocycles. The van der Waals surface area contributed by atoms with E-state index in [-0.39, 0.29) is 17.3 Å². The van der Waals surface area contributed by atoms with Crippen LogP contribution >= 0.6 is 23.2 Å². The van der Waals surface area contributed by atoms with E-state index < -0.39 is 30.6 Å². The van der Waals surface area contributed by atoms with Gasteiger partial charge in [-0.1, -0.05) is 35.3 Å². The first kappa shape index (κ1) is 24.4. The number of aromatic nitrogens is 3. The average molecular weight is 535 g/mol. The maximum absolute atomic E-state index is 13.3. The highest BCUT2D eigenvalue weighted by Gasteiger charge is 2.30. The largest absolute Gasteiger partial charge is 0.390 e. The fourth-order valence-electron chi connectivity index (χ4n) is 3.95. The molecule has 1 saturated carbocycles. The van der Waals surface area contributed by atoms with E-state index in [0.29, 0.717) is 32.4 Å². The van der Waals surface area contributed by atoms with E-state index in [2.05, 4.69) is 10.4 Å². The smallest absolute Gasteiger partial charge is 0.349 e. The second kappa shape index (κ2) is 9.29. The number of nitrogens with zero attached hydrogens (tertiary/aromatic N) is 3. The Kier molecular flexibility index (Phi) is 6.30. The van der Waals surface area contributed by atoms with Crippen molar-refractivity contribution in [2.75, 3.05) is 0 Å². The molecule has 11 heteroatoms. The molecule has 0 spiro atoms. The molecule has 186 valence electrons. The van der Waals surface area contributed by atoms with E-state index in [0.717, 1.165) is 17.4 Å². The zero-order valence-corrected chi connectivity index (χ0v) is 20.2. The van der Waals surface area contributed by atoms with Gasteiger partial charge in [-0.05, 0) is 55.3 Å². The quantitative estimate of drug-likeness (QED) is 0.329. The lowest BCUT2D eigenvalue weighted by atomic mass is 10.1. The van der Waals surface area contributed by atoms with Crippen LogP contribution in [0.4, 0.5) is 13.2 Å². The first-order valence-electron chi connectivity index (χ1n) is 11.2. The van der Waals surface area contributed by atoms with Gasteiger partial charge in [-0.15, -0.1) is 5.10 Å². The van der Waals surface area contributed by atoms with Crippen LogP contribution in [-0.4, -0.2) is 32.5 Å². The van der Waals surface area contributed by atoms with Crippen LogP contribution in [0.5, 0.6) is 0 Å². The summed E-state index contributed by atoms with van der Waals surface area (Å²) in [6, 6.07) is 14.9. The predicted octanol–water partition coefficient (Wildman–Crippen LogP) is 6.01. The van der Waals surface area contributed by atoms with Crippen molar-refractivity contribution in [3.05, 3.63) is 80.6 Å². The molecule has 0 aliphatic heterocycles. The Labute approximate surface area is 213 Å². The molecule has 0 bridgehead atoms. The van der Waals surface area contributed by atoms with Gasteiger partial charge in [-0.2, -0.15) is 13.2 Å². The zero-order valence-electron chi connectivity index (χ0n) is 18.6. The number of hydrogen-bond acceptors (Lipinski definition) is 3. The second-order valence-electron chi connectivity index (χ2n) is 8.61. The van der Waals surface area contributed by atoms with Crippen LogP contribution < -0.4 is 10.9 Å². The van der Waals surface area contributed by atoms with Crippen LogP contribution in [0, 0.1) is 0 Å². The fraction of sp³-hybridized carbons (Fsp3) is 0.240. The van der Waals surface area contributed by atoms with Crippen LogP contribution in [-0.2, 0) is 6.54 Å². The number of benzene rings is 2. The zero-order chi connectivity index (χ0) is 25.6. The van der Waals surface area contributed by atoms with Crippen molar-refractivity contribution < 1.29 is 18.0 Å². The molecule has 0 atom stereocenters. The van der Waals surface area contributed by atoms with Gasteiger partial charge in [0.25, 0.3) is 11.5 Å². The maximum Gasteiger partial charge on any atom is 0.390 e. The number of alkyl halides is 3. The molecule has 2 aromatic carbocycles. The highest BCUT2D eigenvalue weighted by Crippen LogP contribution is 2.33. The van der Waals surface area contributed by atoms with Crippen molar-refractivity contribution in [2.24, 2.45) is 0 Å². The summed E-state index contributed by atoms with van der Waals surface area (Å²) in [7, 11) is 0.